The Morgan fingerprint density at radius 2 is 1.48 bits per heavy atom. The third kappa shape index (κ3) is 33.3. The van der Waals surface area contributed by atoms with E-state index in [2.05, 4.69) is 46.1 Å². The van der Waals surface area contributed by atoms with Gasteiger partial charge in [0.2, 0.25) is 0 Å². The molecule has 0 aliphatic heterocycles. The minimum atomic E-state index is -4.21. The lowest BCUT2D eigenvalue weighted by Crippen LogP contribution is -2.04. The van der Waals surface area contributed by atoms with Crippen LogP contribution in [-0.4, -0.2) is 28.3 Å². The Morgan fingerprint density at radius 3 is 1.70 bits per heavy atom. The largest absolute Gasteiger partial charge is 0.469 e. The third-order valence-electron chi connectivity index (χ3n) is 1.82. The fourth-order valence-electron chi connectivity index (χ4n) is 0.809. The van der Waals surface area contributed by atoms with E-state index in [-0.39, 0.29) is 6.61 Å². The maximum Gasteiger partial charge on any atom is 0.469 e. The molecule has 0 rings (SSSR count). The molecular formula is C12H25N2O8P. The van der Waals surface area contributed by atoms with Gasteiger partial charge in [-0.3, -0.25) is 4.52 Å². The SMILES string of the molecule is C=CC(=O)ON.C=CC(=O)ON.CCCCCCOP(=O)(O)O. The van der Waals surface area contributed by atoms with Gasteiger partial charge in [-0.15, -0.1) is 0 Å². The first-order valence-electron chi connectivity index (χ1n) is 6.44. The van der Waals surface area contributed by atoms with Crippen molar-refractivity contribution < 1.29 is 38.1 Å². The van der Waals surface area contributed by atoms with Crippen molar-refractivity contribution in [1.29, 1.82) is 0 Å². The van der Waals surface area contributed by atoms with Crippen LogP contribution in [0.1, 0.15) is 32.6 Å². The molecule has 0 aliphatic carbocycles. The van der Waals surface area contributed by atoms with Gasteiger partial charge in [-0.25, -0.2) is 14.2 Å². The van der Waals surface area contributed by atoms with Gasteiger partial charge in [0.1, 0.15) is 0 Å². The van der Waals surface area contributed by atoms with Crippen LogP contribution in [0.25, 0.3) is 0 Å². The smallest absolute Gasteiger partial charge is 0.370 e. The zero-order valence-electron chi connectivity index (χ0n) is 13.1. The molecule has 0 saturated heterocycles. The van der Waals surface area contributed by atoms with Crippen molar-refractivity contribution in [2.24, 2.45) is 11.8 Å². The van der Waals surface area contributed by atoms with E-state index in [9.17, 15) is 14.2 Å². The highest BCUT2D eigenvalue weighted by Crippen LogP contribution is 2.35. The molecule has 0 heterocycles. The van der Waals surface area contributed by atoms with Crippen LogP contribution in [0.15, 0.2) is 25.3 Å². The van der Waals surface area contributed by atoms with Gasteiger partial charge in [-0.1, -0.05) is 39.3 Å². The summed E-state index contributed by atoms with van der Waals surface area (Å²) in [5, 5.41) is 0. The number of phosphoric acid groups is 1. The van der Waals surface area contributed by atoms with E-state index in [1.54, 1.807) is 0 Å². The number of phosphoric ester groups is 1. The summed E-state index contributed by atoms with van der Waals surface area (Å²) in [5.74, 6) is 7.49. The van der Waals surface area contributed by atoms with Crippen LogP contribution < -0.4 is 11.8 Å². The van der Waals surface area contributed by atoms with Crippen LogP contribution in [-0.2, 0) is 28.4 Å². The van der Waals surface area contributed by atoms with Gasteiger partial charge in [0.05, 0.1) is 6.61 Å². The summed E-state index contributed by atoms with van der Waals surface area (Å²) in [6.45, 7) is 8.38. The Kier molecular flexibility index (Phi) is 21.2. The standard InChI is InChI=1S/C6H15O4P.2C3H5NO2/c1-2-3-4-5-6-10-11(7,8)9;2*1-2-3(5)6-4/h2-6H2,1H3,(H2,7,8,9);2*2H,1,4H2. The molecule has 0 aromatic rings. The zero-order valence-corrected chi connectivity index (χ0v) is 13.9. The van der Waals surface area contributed by atoms with Gasteiger partial charge >= 0.3 is 19.8 Å². The van der Waals surface area contributed by atoms with Gasteiger partial charge in [0, 0.05) is 12.2 Å². The molecule has 0 amide bonds. The van der Waals surface area contributed by atoms with Gasteiger partial charge < -0.3 is 19.5 Å². The molecule has 11 heteroatoms. The van der Waals surface area contributed by atoms with Gasteiger partial charge in [-0.05, 0) is 6.42 Å². The van der Waals surface area contributed by atoms with Gasteiger partial charge in [0.15, 0.2) is 0 Å². The minimum absolute atomic E-state index is 0.157. The third-order valence-corrected chi connectivity index (χ3v) is 2.34. The fourth-order valence-corrected chi connectivity index (χ4v) is 1.18. The Bertz CT molecular complexity index is 363. The van der Waals surface area contributed by atoms with Crippen LogP contribution in [0.2, 0.25) is 0 Å². The monoisotopic (exact) mass is 356 g/mol. The molecule has 0 saturated carbocycles. The van der Waals surface area contributed by atoms with Crippen LogP contribution in [0.3, 0.4) is 0 Å². The van der Waals surface area contributed by atoms with Crippen LogP contribution in [0.4, 0.5) is 0 Å². The zero-order chi connectivity index (χ0) is 18.7. The molecule has 0 atom stereocenters. The van der Waals surface area contributed by atoms with E-state index < -0.39 is 19.8 Å². The molecule has 136 valence electrons. The number of nitrogens with two attached hydrogens (primary N) is 2. The quantitative estimate of drug-likeness (QED) is 0.211. The molecule has 10 nitrogen and oxygen atoms in total. The summed E-state index contributed by atoms with van der Waals surface area (Å²) >= 11 is 0. The summed E-state index contributed by atoms with van der Waals surface area (Å²) in [5.41, 5.74) is 0. The summed E-state index contributed by atoms with van der Waals surface area (Å²) in [6.07, 6.45) is 5.86. The number of carbonyl (C=O) groups is 2. The van der Waals surface area contributed by atoms with Crippen molar-refractivity contribution in [2.75, 3.05) is 6.61 Å². The first-order valence-corrected chi connectivity index (χ1v) is 7.97. The Hall–Kier alpha value is -1.55. The van der Waals surface area contributed by atoms with Crippen LogP contribution in [0.5, 0.6) is 0 Å². The predicted molar refractivity (Wildman–Crippen MR) is 83.1 cm³/mol. The highest BCUT2D eigenvalue weighted by atomic mass is 31.2. The van der Waals surface area contributed by atoms with Crippen molar-refractivity contribution in [2.45, 2.75) is 32.6 Å². The number of carbonyl (C=O) groups excluding carboxylic acids is 2. The molecule has 0 aromatic heterocycles. The van der Waals surface area contributed by atoms with E-state index >= 15 is 0 Å². The molecule has 6 N–H and O–H groups in total. The maximum absolute atomic E-state index is 10.1. The molecular weight excluding hydrogens is 331 g/mol. The average molecular weight is 356 g/mol. The van der Waals surface area contributed by atoms with Gasteiger partial charge in [0.25, 0.3) is 0 Å². The molecule has 0 aromatic carbocycles. The molecule has 23 heavy (non-hydrogen) atoms. The lowest BCUT2D eigenvalue weighted by molar-refractivity contribution is -0.139. The van der Waals surface area contributed by atoms with Crippen molar-refractivity contribution >= 4 is 19.8 Å². The second kappa shape index (κ2) is 18.5. The molecule has 0 unspecified atom stereocenters. The normalized spacial score (nSPS) is 9.26. The van der Waals surface area contributed by atoms with E-state index in [0.717, 1.165) is 37.8 Å². The van der Waals surface area contributed by atoms with E-state index in [1.807, 2.05) is 0 Å². The Balaban J connectivity index is -0.000000284. The van der Waals surface area contributed by atoms with Crippen molar-refractivity contribution in [3.8, 4) is 0 Å². The summed E-state index contributed by atoms with van der Waals surface area (Å²) in [7, 11) is -4.21. The molecule has 0 radical (unpaired) electrons. The number of rotatable bonds is 8. The molecule has 0 aliphatic rings. The number of hydrogen-bond donors (Lipinski definition) is 4. The summed E-state index contributed by atoms with van der Waals surface area (Å²) in [6, 6.07) is 0. The summed E-state index contributed by atoms with van der Waals surface area (Å²) < 4.78 is 14.4. The predicted octanol–water partition coefficient (Wildman–Crippen LogP) is 0.855. The highest BCUT2D eigenvalue weighted by Gasteiger charge is 2.11. The van der Waals surface area contributed by atoms with E-state index in [1.165, 1.54) is 0 Å². The highest BCUT2D eigenvalue weighted by molar-refractivity contribution is 7.46. The second-order valence-corrected chi connectivity index (χ2v) is 4.91. The summed E-state index contributed by atoms with van der Waals surface area (Å²) in [4.78, 5) is 43.2. The molecule has 0 fully saturated rings. The lowest BCUT2D eigenvalue weighted by atomic mass is 10.2. The average Bonchev–Trinajstić information content (AvgIpc) is 2.53. The maximum atomic E-state index is 10.1. The Labute approximate surface area is 135 Å². The van der Waals surface area contributed by atoms with Crippen molar-refractivity contribution in [3.05, 3.63) is 25.3 Å². The van der Waals surface area contributed by atoms with Crippen molar-refractivity contribution in [3.63, 3.8) is 0 Å². The minimum Gasteiger partial charge on any atom is -0.370 e. The van der Waals surface area contributed by atoms with Crippen LogP contribution in [0, 0.1) is 0 Å². The Morgan fingerprint density at radius 1 is 1.04 bits per heavy atom. The molecule has 0 spiro atoms. The number of hydrogen-bond acceptors (Lipinski definition) is 8. The van der Waals surface area contributed by atoms with Crippen molar-refractivity contribution in [1.82, 2.24) is 0 Å². The van der Waals surface area contributed by atoms with E-state index in [4.69, 9.17) is 9.79 Å². The van der Waals surface area contributed by atoms with Gasteiger partial charge in [-0.2, -0.15) is 11.8 Å². The first kappa shape index (κ1) is 26.4. The first-order chi connectivity index (χ1) is 10.7. The fraction of sp³-hybridized carbons (Fsp3) is 0.500. The topological polar surface area (TPSA) is 171 Å². The van der Waals surface area contributed by atoms with E-state index in [0.29, 0.717) is 0 Å². The number of unbranched alkanes of at least 4 members (excludes halogenated alkanes) is 3. The lowest BCUT2D eigenvalue weighted by Gasteiger charge is -2.03. The molecule has 0 bridgehead atoms. The van der Waals surface area contributed by atoms with Crippen LogP contribution >= 0.6 is 7.82 Å². The second-order valence-electron chi connectivity index (χ2n) is 3.67.